The van der Waals surface area contributed by atoms with Crippen molar-refractivity contribution in [2.24, 2.45) is 0 Å². The first-order chi connectivity index (χ1) is 8.72. The van der Waals surface area contributed by atoms with E-state index >= 15 is 0 Å². The van der Waals surface area contributed by atoms with Crippen molar-refractivity contribution >= 4 is 35.2 Å². The molecule has 0 heterocycles. The molecule has 5 nitrogen and oxygen atoms in total. The Morgan fingerprint density at radius 1 is 1.32 bits per heavy atom. The fourth-order valence-electron chi connectivity index (χ4n) is 1.22. The Hall–Kier alpha value is -1.46. The first-order valence-corrected chi connectivity index (χ1v) is 6.21. The number of carboxylic acids is 1. The molecule has 0 fully saturated rings. The van der Waals surface area contributed by atoms with E-state index in [4.69, 9.17) is 28.3 Å². The first kappa shape index (κ1) is 15.6. The van der Waals surface area contributed by atoms with Gasteiger partial charge >= 0.3 is 12.0 Å². The molecule has 1 aromatic carbocycles. The summed E-state index contributed by atoms with van der Waals surface area (Å²) in [5.74, 6) is -1.12. The zero-order chi connectivity index (χ0) is 14.6. The van der Waals surface area contributed by atoms with E-state index in [9.17, 15) is 9.59 Å². The van der Waals surface area contributed by atoms with Crippen molar-refractivity contribution in [3.05, 3.63) is 33.8 Å². The maximum Gasteiger partial charge on any atom is 0.328 e. The standard InChI is InChI=1S/C12H14Cl2N2O3/c1-12(2,10(17)18)16-11(19)15-6-7-3-4-8(13)5-9(7)14/h3-5H,6H2,1-2H3,(H,17,18)(H2,15,16,19). The van der Waals surface area contributed by atoms with Crippen LogP contribution < -0.4 is 10.6 Å². The number of halogens is 2. The Morgan fingerprint density at radius 3 is 2.47 bits per heavy atom. The van der Waals surface area contributed by atoms with Gasteiger partial charge in [0.25, 0.3) is 0 Å². The Morgan fingerprint density at radius 2 is 1.95 bits per heavy atom. The molecule has 19 heavy (non-hydrogen) atoms. The number of hydrogen-bond acceptors (Lipinski definition) is 2. The monoisotopic (exact) mass is 304 g/mol. The predicted octanol–water partition coefficient (Wildman–Crippen LogP) is 2.66. The molecular formula is C12H14Cl2N2O3. The Bertz CT molecular complexity index is 504. The van der Waals surface area contributed by atoms with Crippen LogP contribution in [0.15, 0.2) is 18.2 Å². The summed E-state index contributed by atoms with van der Waals surface area (Å²) in [5, 5.41) is 14.7. The van der Waals surface area contributed by atoms with Gasteiger partial charge in [-0.25, -0.2) is 9.59 Å². The van der Waals surface area contributed by atoms with Crippen molar-refractivity contribution in [2.45, 2.75) is 25.9 Å². The van der Waals surface area contributed by atoms with Gasteiger partial charge in [0.15, 0.2) is 0 Å². The molecule has 0 aliphatic rings. The normalized spacial score (nSPS) is 10.9. The summed E-state index contributed by atoms with van der Waals surface area (Å²) in [7, 11) is 0. The number of benzene rings is 1. The second-order valence-corrected chi connectivity index (χ2v) is 5.32. The van der Waals surface area contributed by atoms with Crippen LogP contribution >= 0.6 is 23.2 Å². The molecule has 0 radical (unpaired) electrons. The molecule has 0 bridgehead atoms. The van der Waals surface area contributed by atoms with Crippen LogP contribution in [0.3, 0.4) is 0 Å². The van der Waals surface area contributed by atoms with Crippen LogP contribution in [0.4, 0.5) is 4.79 Å². The number of rotatable bonds is 4. The molecule has 1 rings (SSSR count). The first-order valence-electron chi connectivity index (χ1n) is 5.45. The zero-order valence-corrected chi connectivity index (χ0v) is 12.0. The second-order valence-electron chi connectivity index (χ2n) is 4.47. The highest BCUT2D eigenvalue weighted by Crippen LogP contribution is 2.20. The van der Waals surface area contributed by atoms with E-state index < -0.39 is 17.5 Å². The molecule has 0 unspecified atom stereocenters. The smallest absolute Gasteiger partial charge is 0.328 e. The maximum absolute atomic E-state index is 11.6. The summed E-state index contributed by atoms with van der Waals surface area (Å²) in [6, 6.07) is 4.33. The van der Waals surface area contributed by atoms with E-state index in [0.29, 0.717) is 15.6 Å². The highest BCUT2D eigenvalue weighted by molar-refractivity contribution is 6.35. The predicted molar refractivity (Wildman–Crippen MR) is 73.5 cm³/mol. The summed E-state index contributed by atoms with van der Waals surface area (Å²) in [4.78, 5) is 22.4. The van der Waals surface area contributed by atoms with Crippen LogP contribution in [0.2, 0.25) is 10.0 Å². The number of carbonyl (C=O) groups excluding carboxylic acids is 1. The molecule has 0 aliphatic carbocycles. The fraction of sp³-hybridized carbons (Fsp3) is 0.333. The Balaban J connectivity index is 2.57. The van der Waals surface area contributed by atoms with E-state index in [1.165, 1.54) is 13.8 Å². The molecule has 0 aromatic heterocycles. The lowest BCUT2D eigenvalue weighted by Gasteiger charge is -2.21. The van der Waals surface area contributed by atoms with Crippen molar-refractivity contribution in [1.82, 2.24) is 10.6 Å². The third-order valence-corrected chi connectivity index (χ3v) is 3.00. The number of carbonyl (C=O) groups is 2. The molecule has 0 saturated heterocycles. The van der Waals surface area contributed by atoms with Crippen molar-refractivity contribution in [2.75, 3.05) is 0 Å². The van der Waals surface area contributed by atoms with Crippen LogP contribution in [0.1, 0.15) is 19.4 Å². The van der Waals surface area contributed by atoms with E-state index in [1.54, 1.807) is 18.2 Å². The number of carboxylic acid groups (broad SMARTS) is 1. The van der Waals surface area contributed by atoms with Gasteiger partial charge in [0.1, 0.15) is 5.54 Å². The van der Waals surface area contributed by atoms with Crippen LogP contribution in [0.5, 0.6) is 0 Å². The van der Waals surface area contributed by atoms with Gasteiger partial charge in [-0.15, -0.1) is 0 Å². The van der Waals surface area contributed by atoms with Crippen molar-refractivity contribution in [3.63, 3.8) is 0 Å². The molecular weight excluding hydrogens is 291 g/mol. The summed E-state index contributed by atoms with van der Waals surface area (Å²) in [6.45, 7) is 2.96. The van der Waals surface area contributed by atoms with Gasteiger partial charge in [0.05, 0.1) is 0 Å². The molecule has 0 saturated carbocycles. The molecule has 3 N–H and O–H groups in total. The Labute approximate surface area is 120 Å². The van der Waals surface area contributed by atoms with Gasteiger partial charge < -0.3 is 15.7 Å². The zero-order valence-electron chi connectivity index (χ0n) is 10.5. The second kappa shape index (κ2) is 6.12. The minimum absolute atomic E-state index is 0.178. The largest absolute Gasteiger partial charge is 0.480 e. The molecule has 7 heteroatoms. The number of aliphatic carboxylic acids is 1. The number of urea groups is 1. The summed E-state index contributed by atoms with van der Waals surface area (Å²) < 4.78 is 0. The lowest BCUT2D eigenvalue weighted by atomic mass is 10.1. The van der Waals surface area contributed by atoms with E-state index in [2.05, 4.69) is 10.6 Å². The summed E-state index contributed by atoms with van der Waals surface area (Å²) in [5.41, 5.74) is -0.650. The quantitative estimate of drug-likeness (QED) is 0.800. The minimum Gasteiger partial charge on any atom is -0.480 e. The number of hydrogen-bond donors (Lipinski definition) is 3. The third kappa shape index (κ3) is 4.61. The molecule has 0 atom stereocenters. The number of amides is 2. The summed E-state index contributed by atoms with van der Waals surface area (Å²) in [6.07, 6.45) is 0. The van der Waals surface area contributed by atoms with E-state index in [0.717, 1.165) is 0 Å². The average molecular weight is 305 g/mol. The lowest BCUT2D eigenvalue weighted by molar-refractivity contribution is -0.142. The van der Waals surface area contributed by atoms with Gasteiger partial charge in [0, 0.05) is 16.6 Å². The maximum atomic E-state index is 11.6. The lowest BCUT2D eigenvalue weighted by Crippen LogP contribution is -2.52. The summed E-state index contributed by atoms with van der Waals surface area (Å²) >= 11 is 11.7. The molecule has 1 aromatic rings. The van der Waals surface area contributed by atoms with E-state index in [-0.39, 0.29) is 6.54 Å². The van der Waals surface area contributed by atoms with Gasteiger partial charge in [-0.2, -0.15) is 0 Å². The van der Waals surface area contributed by atoms with Gasteiger partial charge in [-0.05, 0) is 31.5 Å². The Kier molecular flexibility index (Phi) is 5.03. The SMILES string of the molecule is CC(C)(NC(=O)NCc1ccc(Cl)cc1Cl)C(=O)O. The van der Waals surface area contributed by atoms with Crippen molar-refractivity contribution in [3.8, 4) is 0 Å². The minimum atomic E-state index is -1.34. The highest BCUT2D eigenvalue weighted by Gasteiger charge is 2.28. The average Bonchev–Trinajstić information content (AvgIpc) is 2.27. The van der Waals surface area contributed by atoms with Crippen molar-refractivity contribution < 1.29 is 14.7 Å². The molecule has 0 aliphatic heterocycles. The number of nitrogens with one attached hydrogen (secondary N) is 2. The van der Waals surface area contributed by atoms with Gasteiger partial charge in [-0.1, -0.05) is 29.3 Å². The molecule has 0 spiro atoms. The van der Waals surface area contributed by atoms with Crippen LogP contribution in [0, 0.1) is 0 Å². The van der Waals surface area contributed by atoms with Gasteiger partial charge in [-0.3, -0.25) is 0 Å². The van der Waals surface area contributed by atoms with Crippen molar-refractivity contribution in [1.29, 1.82) is 0 Å². The highest BCUT2D eigenvalue weighted by atomic mass is 35.5. The topological polar surface area (TPSA) is 78.4 Å². The van der Waals surface area contributed by atoms with Gasteiger partial charge in [0.2, 0.25) is 0 Å². The molecule has 104 valence electrons. The van der Waals surface area contributed by atoms with Crippen LogP contribution in [-0.2, 0) is 11.3 Å². The third-order valence-electron chi connectivity index (χ3n) is 2.42. The van der Waals surface area contributed by atoms with E-state index in [1.807, 2.05) is 0 Å². The van der Waals surface area contributed by atoms with Crippen LogP contribution in [-0.4, -0.2) is 22.6 Å². The molecule has 2 amide bonds. The fourth-order valence-corrected chi connectivity index (χ4v) is 1.70. The van der Waals surface area contributed by atoms with Crippen LogP contribution in [0.25, 0.3) is 0 Å².